The second kappa shape index (κ2) is 5.02. The average molecular weight is 254 g/mol. The highest BCUT2D eigenvalue weighted by molar-refractivity contribution is 5.83. The molecule has 1 aliphatic rings. The SMILES string of the molecule is C[C@@H](CN)NC(=O)C1CC1c1ccc(F)c(F)c1. The largest absolute Gasteiger partial charge is 0.352 e. The van der Waals surface area contributed by atoms with Crippen molar-refractivity contribution in [1.82, 2.24) is 5.32 Å². The van der Waals surface area contributed by atoms with Gasteiger partial charge in [-0.2, -0.15) is 0 Å². The summed E-state index contributed by atoms with van der Waals surface area (Å²) in [5.41, 5.74) is 6.09. The molecule has 3 atom stereocenters. The van der Waals surface area contributed by atoms with Gasteiger partial charge in [0.2, 0.25) is 5.91 Å². The minimum atomic E-state index is -0.867. The van der Waals surface area contributed by atoms with Gasteiger partial charge in [0.05, 0.1) is 0 Å². The van der Waals surface area contributed by atoms with E-state index in [9.17, 15) is 13.6 Å². The predicted octanol–water partition coefficient (Wildman–Crippen LogP) is 1.53. The van der Waals surface area contributed by atoms with E-state index < -0.39 is 11.6 Å². The first-order valence-electron chi connectivity index (χ1n) is 5.98. The summed E-state index contributed by atoms with van der Waals surface area (Å²) in [6, 6.07) is 3.73. The number of hydrogen-bond donors (Lipinski definition) is 2. The number of carbonyl (C=O) groups excluding carboxylic acids is 1. The summed E-state index contributed by atoms with van der Waals surface area (Å²) in [4.78, 5) is 11.8. The second-order valence-corrected chi connectivity index (χ2v) is 4.77. The molecule has 1 fully saturated rings. The fourth-order valence-electron chi connectivity index (χ4n) is 2.00. The first-order valence-corrected chi connectivity index (χ1v) is 5.98. The highest BCUT2D eigenvalue weighted by Crippen LogP contribution is 2.47. The van der Waals surface area contributed by atoms with Crippen molar-refractivity contribution in [3.8, 4) is 0 Å². The fourth-order valence-corrected chi connectivity index (χ4v) is 2.00. The van der Waals surface area contributed by atoms with Crippen molar-refractivity contribution < 1.29 is 13.6 Å². The summed E-state index contributed by atoms with van der Waals surface area (Å²) >= 11 is 0. The Bertz CT molecular complexity index is 464. The third-order valence-corrected chi connectivity index (χ3v) is 3.24. The molecule has 0 heterocycles. The molecule has 0 radical (unpaired) electrons. The van der Waals surface area contributed by atoms with Crippen LogP contribution in [0.3, 0.4) is 0 Å². The van der Waals surface area contributed by atoms with Gasteiger partial charge in [0, 0.05) is 18.5 Å². The Morgan fingerprint density at radius 2 is 2.22 bits per heavy atom. The van der Waals surface area contributed by atoms with Gasteiger partial charge in [-0.25, -0.2) is 8.78 Å². The van der Waals surface area contributed by atoms with Crippen LogP contribution in [-0.4, -0.2) is 18.5 Å². The van der Waals surface area contributed by atoms with Gasteiger partial charge in [0.15, 0.2) is 11.6 Å². The maximum atomic E-state index is 13.1. The van der Waals surface area contributed by atoms with Crippen molar-refractivity contribution >= 4 is 5.91 Å². The van der Waals surface area contributed by atoms with Crippen LogP contribution in [-0.2, 0) is 4.79 Å². The Morgan fingerprint density at radius 1 is 1.50 bits per heavy atom. The molecule has 98 valence electrons. The Kier molecular flexibility index (Phi) is 3.61. The minimum Gasteiger partial charge on any atom is -0.352 e. The van der Waals surface area contributed by atoms with Crippen LogP contribution in [0.4, 0.5) is 8.78 Å². The van der Waals surface area contributed by atoms with E-state index in [0.717, 1.165) is 6.07 Å². The average Bonchev–Trinajstić information content (AvgIpc) is 3.12. The first kappa shape index (κ1) is 13.0. The minimum absolute atomic E-state index is 0.00919. The lowest BCUT2D eigenvalue weighted by atomic mass is 10.1. The summed E-state index contributed by atoms with van der Waals surface area (Å²) in [5.74, 6) is -1.96. The predicted molar refractivity (Wildman–Crippen MR) is 63.9 cm³/mol. The summed E-state index contributed by atoms with van der Waals surface area (Å²) in [5, 5.41) is 2.79. The molecular formula is C13H16F2N2O. The van der Waals surface area contributed by atoms with E-state index in [2.05, 4.69) is 5.32 Å². The number of nitrogens with two attached hydrogens (primary N) is 1. The molecule has 0 spiro atoms. The molecule has 2 unspecified atom stereocenters. The fraction of sp³-hybridized carbons (Fsp3) is 0.462. The van der Waals surface area contributed by atoms with E-state index in [-0.39, 0.29) is 23.8 Å². The van der Waals surface area contributed by atoms with E-state index in [4.69, 9.17) is 5.73 Å². The molecule has 0 aliphatic heterocycles. The zero-order valence-electron chi connectivity index (χ0n) is 10.1. The summed E-state index contributed by atoms with van der Waals surface area (Å²) in [6.45, 7) is 2.21. The first-order chi connectivity index (χ1) is 8.52. The molecule has 0 saturated heterocycles. The Labute approximate surface area is 104 Å². The van der Waals surface area contributed by atoms with Gasteiger partial charge in [0.1, 0.15) is 0 Å². The van der Waals surface area contributed by atoms with Gasteiger partial charge in [-0.3, -0.25) is 4.79 Å². The smallest absolute Gasteiger partial charge is 0.224 e. The number of nitrogens with one attached hydrogen (secondary N) is 1. The van der Waals surface area contributed by atoms with E-state index in [0.29, 0.717) is 18.5 Å². The van der Waals surface area contributed by atoms with Crippen LogP contribution >= 0.6 is 0 Å². The maximum absolute atomic E-state index is 13.1. The normalized spacial score (nSPS) is 23.6. The highest BCUT2D eigenvalue weighted by Gasteiger charge is 2.44. The van der Waals surface area contributed by atoms with Crippen LogP contribution in [0, 0.1) is 17.6 Å². The third-order valence-electron chi connectivity index (χ3n) is 3.24. The van der Waals surface area contributed by atoms with Crippen LogP contribution < -0.4 is 11.1 Å². The van der Waals surface area contributed by atoms with Gasteiger partial charge in [0.25, 0.3) is 0 Å². The van der Waals surface area contributed by atoms with Crippen molar-refractivity contribution in [2.45, 2.75) is 25.3 Å². The Hall–Kier alpha value is -1.49. The molecular weight excluding hydrogens is 238 g/mol. The summed E-state index contributed by atoms with van der Waals surface area (Å²) in [7, 11) is 0. The Morgan fingerprint density at radius 3 is 2.83 bits per heavy atom. The number of benzene rings is 1. The molecule has 1 amide bonds. The molecule has 3 nitrogen and oxygen atoms in total. The second-order valence-electron chi connectivity index (χ2n) is 4.77. The standard InChI is InChI=1S/C13H16F2N2O/c1-7(6-16)17-13(18)10-5-9(10)8-2-3-11(14)12(15)4-8/h2-4,7,9-10H,5-6,16H2,1H3,(H,17,18)/t7-,9?,10?/m0/s1. The topological polar surface area (TPSA) is 55.1 Å². The molecule has 0 bridgehead atoms. The van der Waals surface area contributed by atoms with Crippen LogP contribution in [0.2, 0.25) is 0 Å². The van der Waals surface area contributed by atoms with Crippen molar-refractivity contribution in [2.75, 3.05) is 6.54 Å². The number of carbonyl (C=O) groups is 1. The molecule has 1 saturated carbocycles. The van der Waals surface area contributed by atoms with Gasteiger partial charge < -0.3 is 11.1 Å². The zero-order chi connectivity index (χ0) is 13.3. The molecule has 0 aromatic heterocycles. The number of hydrogen-bond acceptors (Lipinski definition) is 2. The quantitative estimate of drug-likeness (QED) is 0.856. The number of rotatable bonds is 4. The third kappa shape index (κ3) is 2.67. The summed E-state index contributed by atoms with van der Waals surface area (Å²) in [6.07, 6.45) is 0.675. The lowest BCUT2D eigenvalue weighted by Gasteiger charge is -2.11. The van der Waals surface area contributed by atoms with Crippen LogP contribution in [0.15, 0.2) is 18.2 Å². The van der Waals surface area contributed by atoms with Gasteiger partial charge in [-0.15, -0.1) is 0 Å². The number of halogens is 2. The lowest BCUT2D eigenvalue weighted by molar-refractivity contribution is -0.122. The van der Waals surface area contributed by atoms with Gasteiger partial charge >= 0.3 is 0 Å². The van der Waals surface area contributed by atoms with Crippen molar-refractivity contribution in [3.05, 3.63) is 35.4 Å². The Balaban J connectivity index is 1.98. The molecule has 3 N–H and O–H groups in total. The van der Waals surface area contributed by atoms with Crippen molar-refractivity contribution in [2.24, 2.45) is 11.7 Å². The van der Waals surface area contributed by atoms with Crippen LogP contribution in [0.25, 0.3) is 0 Å². The molecule has 5 heteroatoms. The molecule has 1 aromatic rings. The summed E-state index contributed by atoms with van der Waals surface area (Å²) < 4.78 is 25.9. The zero-order valence-corrected chi connectivity index (χ0v) is 10.1. The van der Waals surface area contributed by atoms with Crippen molar-refractivity contribution in [3.63, 3.8) is 0 Å². The lowest BCUT2D eigenvalue weighted by Crippen LogP contribution is -2.38. The van der Waals surface area contributed by atoms with Gasteiger partial charge in [-0.1, -0.05) is 6.07 Å². The molecule has 1 aromatic carbocycles. The highest BCUT2D eigenvalue weighted by atomic mass is 19.2. The maximum Gasteiger partial charge on any atom is 0.224 e. The van der Waals surface area contributed by atoms with Crippen LogP contribution in [0.1, 0.15) is 24.8 Å². The molecule has 2 rings (SSSR count). The van der Waals surface area contributed by atoms with E-state index >= 15 is 0 Å². The number of amides is 1. The molecule has 1 aliphatic carbocycles. The molecule has 18 heavy (non-hydrogen) atoms. The van der Waals surface area contributed by atoms with E-state index in [1.807, 2.05) is 6.92 Å². The monoisotopic (exact) mass is 254 g/mol. The van der Waals surface area contributed by atoms with Gasteiger partial charge in [-0.05, 0) is 37.0 Å². The van der Waals surface area contributed by atoms with Crippen molar-refractivity contribution in [1.29, 1.82) is 0 Å². The van der Waals surface area contributed by atoms with E-state index in [1.54, 1.807) is 0 Å². The van der Waals surface area contributed by atoms with E-state index in [1.165, 1.54) is 12.1 Å². The van der Waals surface area contributed by atoms with Crippen LogP contribution in [0.5, 0.6) is 0 Å².